The Labute approximate surface area is 204 Å². The van der Waals surface area contributed by atoms with Crippen LogP contribution in [0.3, 0.4) is 0 Å². The molecule has 0 aliphatic rings. The minimum Gasteiger partial charge on any atom is -0.496 e. The molecule has 7 nitrogen and oxygen atoms in total. The van der Waals surface area contributed by atoms with Crippen molar-refractivity contribution in [3.05, 3.63) is 122 Å². The van der Waals surface area contributed by atoms with E-state index in [2.05, 4.69) is 19.9 Å². The third-order valence-electron chi connectivity index (χ3n) is 4.76. The van der Waals surface area contributed by atoms with Crippen molar-refractivity contribution in [1.82, 2.24) is 19.9 Å². The lowest BCUT2D eigenvalue weighted by Crippen LogP contribution is -1.97. The van der Waals surface area contributed by atoms with Gasteiger partial charge in [0.25, 0.3) is 0 Å². The number of rotatable bonds is 7. The van der Waals surface area contributed by atoms with Crippen LogP contribution in [0.4, 0.5) is 0 Å². The fourth-order valence-electron chi connectivity index (χ4n) is 3.09. The minimum absolute atomic E-state index is 0.432. The van der Waals surface area contributed by atoms with Gasteiger partial charge < -0.3 is 14.2 Å². The van der Waals surface area contributed by atoms with Crippen molar-refractivity contribution in [2.45, 2.75) is 6.61 Å². The Morgan fingerprint density at radius 3 is 2.17 bits per heavy atom. The molecule has 4 aromatic heterocycles. The number of hydrogen-bond acceptors (Lipinski definition) is 7. The lowest BCUT2D eigenvalue weighted by molar-refractivity contribution is 0.292. The van der Waals surface area contributed by atoms with E-state index in [1.807, 2.05) is 66.9 Å². The van der Waals surface area contributed by atoms with E-state index in [0.29, 0.717) is 24.1 Å². The third kappa shape index (κ3) is 7.10. The van der Waals surface area contributed by atoms with E-state index in [1.165, 1.54) is 0 Å². The van der Waals surface area contributed by atoms with E-state index < -0.39 is 0 Å². The molecule has 0 atom stereocenters. The summed E-state index contributed by atoms with van der Waals surface area (Å²) in [4.78, 5) is 16.4. The van der Waals surface area contributed by atoms with Gasteiger partial charge in [0.2, 0.25) is 11.8 Å². The van der Waals surface area contributed by atoms with Gasteiger partial charge in [-0.15, -0.1) is 0 Å². The first-order chi connectivity index (χ1) is 17.3. The molecular weight excluding hydrogens is 440 g/mol. The Balaban J connectivity index is 0.000000179. The Kier molecular flexibility index (Phi) is 8.32. The van der Waals surface area contributed by atoms with Crippen molar-refractivity contribution < 1.29 is 14.2 Å². The molecule has 0 unspecified atom stereocenters. The Morgan fingerprint density at radius 2 is 1.49 bits per heavy atom. The summed E-state index contributed by atoms with van der Waals surface area (Å²) in [7, 11) is 1.68. The Hall–Kier alpha value is -4.78. The van der Waals surface area contributed by atoms with Crippen LogP contribution in [0.1, 0.15) is 5.56 Å². The second-order valence-electron chi connectivity index (χ2n) is 7.19. The van der Waals surface area contributed by atoms with Gasteiger partial charge in [0, 0.05) is 59.8 Å². The highest BCUT2D eigenvalue weighted by atomic mass is 16.5. The van der Waals surface area contributed by atoms with Crippen LogP contribution in [0.2, 0.25) is 0 Å². The molecule has 0 saturated carbocycles. The molecule has 0 aliphatic carbocycles. The predicted octanol–water partition coefficient (Wildman–Crippen LogP) is 6.00. The number of methoxy groups -OCH3 is 1. The molecule has 5 aromatic rings. The molecular formula is C28H24N4O3. The monoisotopic (exact) mass is 464 g/mol. The summed E-state index contributed by atoms with van der Waals surface area (Å²) in [6, 6.07) is 24.7. The van der Waals surface area contributed by atoms with Gasteiger partial charge in [-0.3, -0.25) is 9.97 Å². The average molecular weight is 465 g/mol. The van der Waals surface area contributed by atoms with E-state index in [0.717, 1.165) is 22.4 Å². The van der Waals surface area contributed by atoms with Crippen LogP contribution in [-0.4, -0.2) is 27.0 Å². The number of benzene rings is 1. The standard InChI is InChI=1S/C16H13N3O2.C12H11NO/c1-2-9-18-16(5-1)21-14-6-7-15(19-11-14)20-12-13-4-3-8-17-10-13;1-14-12-7-3-2-6-11(12)10-5-4-8-13-9-10/h1-11H,12H2;2-9H,1H3. The number of para-hydroxylation sites is 1. The highest BCUT2D eigenvalue weighted by Gasteiger charge is 2.03. The van der Waals surface area contributed by atoms with E-state index in [4.69, 9.17) is 14.2 Å². The molecule has 0 radical (unpaired) electrons. The number of aromatic nitrogens is 4. The summed E-state index contributed by atoms with van der Waals surface area (Å²) in [5.41, 5.74) is 3.14. The SMILES string of the molecule is COc1ccccc1-c1cccnc1.c1ccc(Oc2ccc(OCc3cccnc3)nc2)nc1. The maximum absolute atomic E-state index is 5.57. The second-order valence-corrected chi connectivity index (χ2v) is 7.19. The molecule has 0 saturated heterocycles. The Morgan fingerprint density at radius 1 is 0.657 bits per heavy atom. The van der Waals surface area contributed by atoms with Gasteiger partial charge in [-0.2, -0.15) is 0 Å². The molecule has 0 fully saturated rings. The molecule has 0 aliphatic heterocycles. The van der Waals surface area contributed by atoms with E-state index in [9.17, 15) is 0 Å². The zero-order valence-electron chi connectivity index (χ0n) is 19.2. The summed E-state index contributed by atoms with van der Waals surface area (Å²) in [6.45, 7) is 0.432. The van der Waals surface area contributed by atoms with E-state index in [-0.39, 0.29) is 0 Å². The highest BCUT2D eigenvalue weighted by Crippen LogP contribution is 2.28. The molecule has 7 heteroatoms. The quantitative estimate of drug-likeness (QED) is 0.292. The van der Waals surface area contributed by atoms with Crippen LogP contribution in [0.25, 0.3) is 11.1 Å². The summed E-state index contributed by atoms with van der Waals surface area (Å²) < 4.78 is 16.4. The van der Waals surface area contributed by atoms with Crippen LogP contribution < -0.4 is 14.2 Å². The molecule has 0 amide bonds. The van der Waals surface area contributed by atoms with E-state index >= 15 is 0 Å². The summed E-state index contributed by atoms with van der Waals surface area (Å²) >= 11 is 0. The van der Waals surface area contributed by atoms with Crippen LogP contribution in [0, 0.1) is 0 Å². The van der Waals surface area contributed by atoms with Crippen molar-refractivity contribution in [2.24, 2.45) is 0 Å². The lowest BCUT2D eigenvalue weighted by atomic mass is 10.1. The molecule has 4 heterocycles. The average Bonchev–Trinajstić information content (AvgIpc) is 2.95. The maximum Gasteiger partial charge on any atom is 0.219 e. The van der Waals surface area contributed by atoms with Crippen molar-refractivity contribution in [3.63, 3.8) is 0 Å². The molecule has 0 bridgehead atoms. The molecule has 1 aromatic carbocycles. The molecule has 5 rings (SSSR count). The Bertz CT molecular complexity index is 1290. The molecule has 0 spiro atoms. The van der Waals surface area contributed by atoms with Gasteiger partial charge in [-0.1, -0.05) is 36.4 Å². The van der Waals surface area contributed by atoms with Crippen LogP contribution in [0.15, 0.2) is 116 Å². The fourth-order valence-corrected chi connectivity index (χ4v) is 3.09. The van der Waals surface area contributed by atoms with Gasteiger partial charge >= 0.3 is 0 Å². The largest absolute Gasteiger partial charge is 0.496 e. The fraction of sp³-hybridized carbons (Fsp3) is 0.0714. The summed E-state index contributed by atoms with van der Waals surface area (Å²) in [6.07, 6.45) is 10.4. The second kappa shape index (κ2) is 12.5. The first kappa shape index (κ1) is 23.4. The summed E-state index contributed by atoms with van der Waals surface area (Å²) in [5, 5.41) is 0. The topological polar surface area (TPSA) is 79.2 Å². The highest BCUT2D eigenvalue weighted by molar-refractivity contribution is 5.69. The molecule has 0 N–H and O–H groups in total. The number of hydrogen-bond donors (Lipinski definition) is 0. The molecule has 174 valence electrons. The zero-order valence-corrected chi connectivity index (χ0v) is 19.2. The third-order valence-corrected chi connectivity index (χ3v) is 4.76. The number of pyridine rings is 4. The van der Waals surface area contributed by atoms with Crippen molar-refractivity contribution in [2.75, 3.05) is 7.11 Å². The minimum atomic E-state index is 0.432. The van der Waals surface area contributed by atoms with Gasteiger partial charge in [0.1, 0.15) is 18.1 Å². The lowest BCUT2D eigenvalue weighted by Gasteiger charge is -2.06. The smallest absolute Gasteiger partial charge is 0.219 e. The normalized spacial score (nSPS) is 9.97. The van der Waals surface area contributed by atoms with Gasteiger partial charge in [0.05, 0.1) is 13.3 Å². The van der Waals surface area contributed by atoms with Gasteiger partial charge in [-0.25, -0.2) is 9.97 Å². The number of nitrogens with zero attached hydrogens (tertiary/aromatic N) is 4. The van der Waals surface area contributed by atoms with E-state index in [1.54, 1.807) is 56.3 Å². The van der Waals surface area contributed by atoms with Gasteiger partial charge in [-0.05, 0) is 30.3 Å². The number of ether oxygens (including phenoxy) is 3. The predicted molar refractivity (Wildman–Crippen MR) is 133 cm³/mol. The van der Waals surface area contributed by atoms with Gasteiger partial charge in [0.15, 0.2) is 0 Å². The summed E-state index contributed by atoms with van der Waals surface area (Å²) in [5.74, 6) is 2.55. The zero-order chi connectivity index (χ0) is 24.1. The van der Waals surface area contributed by atoms with Crippen LogP contribution in [-0.2, 0) is 6.61 Å². The molecule has 35 heavy (non-hydrogen) atoms. The van der Waals surface area contributed by atoms with Crippen molar-refractivity contribution >= 4 is 0 Å². The van der Waals surface area contributed by atoms with Crippen LogP contribution in [0.5, 0.6) is 23.3 Å². The van der Waals surface area contributed by atoms with Crippen molar-refractivity contribution in [1.29, 1.82) is 0 Å². The first-order valence-electron chi connectivity index (χ1n) is 10.9. The van der Waals surface area contributed by atoms with Crippen molar-refractivity contribution in [3.8, 4) is 34.4 Å². The van der Waals surface area contributed by atoms with Crippen LogP contribution >= 0.6 is 0 Å². The first-order valence-corrected chi connectivity index (χ1v) is 10.9. The maximum atomic E-state index is 5.57.